The van der Waals surface area contributed by atoms with E-state index in [9.17, 15) is 4.79 Å². The summed E-state index contributed by atoms with van der Waals surface area (Å²) in [5.41, 5.74) is 0.644. The van der Waals surface area contributed by atoms with Gasteiger partial charge in [0.2, 0.25) is 0 Å². The Labute approximate surface area is 114 Å². The van der Waals surface area contributed by atoms with Gasteiger partial charge in [-0.1, -0.05) is 17.7 Å². The van der Waals surface area contributed by atoms with E-state index in [0.717, 1.165) is 0 Å². The van der Waals surface area contributed by atoms with Gasteiger partial charge in [0.05, 0.1) is 0 Å². The van der Waals surface area contributed by atoms with Crippen LogP contribution >= 0.6 is 11.6 Å². The van der Waals surface area contributed by atoms with Gasteiger partial charge in [-0.3, -0.25) is 0 Å². The SMILES string of the molecule is Cn1nnnc1CCNC(=O)Nc1cccc(Cl)c1. The number of amides is 2. The number of carbonyl (C=O) groups excluding carboxylic acids is 1. The molecule has 19 heavy (non-hydrogen) atoms. The van der Waals surface area contributed by atoms with Crippen LogP contribution in [0.15, 0.2) is 24.3 Å². The van der Waals surface area contributed by atoms with E-state index in [1.807, 2.05) is 0 Å². The number of benzene rings is 1. The van der Waals surface area contributed by atoms with Crippen LogP contribution < -0.4 is 10.6 Å². The summed E-state index contributed by atoms with van der Waals surface area (Å²) in [6, 6.07) is 6.65. The molecule has 0 radical (unpaired) electrons. The van der Waals surface area contributed by atoms with Crippen molar-refractivity contribution in [3.05, 3.63) is 35.1 Å². The van der Waals surface area contributed by atoms with Crippen molar-refractivity contribution >= 4 is 23.3 Å². The third-order valence-electron chi connectivity index (χ3n) is 2.42. The first-order valence-corrected chi connectivity index (χ1v) is 6.04. The second kappa shape index (κ2) is 6.14. The average molecular weight is 281 g/mol. The van der Waals surface area contributed by atoms with Gasteiger partial charge in [0.25, 0.3) is 0 Å². The molecule has 0 atom stereocenters. The normalized spacial score (nSPS) is 10.2. The van der Waals surface area contributed by atoms with Crippen LogP contribution in [0.2, 0.25) is 5.02 Å². The summed E-state index contributed by atoms with van der Waals surface area (Å²) < 4.78 is 1.57. The van der Waals surface area contributed by atoms with Crippen molar-refractivity contribution in [2.75, 3.05) is 11.9 Å². The summed E-state index contributed by atoms with van der Waals surface area (Å²) in [7, 11) is 1.75. The highest BCUT2D eigenvalue weighted by atomic mass is 35.5. The number of urea groups is 1. The third-order valence-corrected chi connectivity index (χ3v) is 2.66. The van der Waals surface area contributed by atoms with E-state index >= 15 is 0 Å². The van der Waals surface area contributed by atoms with Gasteiger partial charge in [0, 0.05) is 30.7 Å². The highest BCUT2D eigenvalue weighted by Gasteiger charge is 2.04. The maximum Gasteiger partial charge on any atom is 0.319 e. The number of nitrogens with zero attached hydrogens (tertiary/aromatic N) is 4. The number of carbonyl (C=O) groups is 1. The smallest absolute Gasteiger partial charge is 0.319 e. The van der Waals surface area contributed by atoms with Crippen LogP contribution in [0.3, 0.4) is 0 Å². The van der Waals surface area contributed by atoms with Crippen molar-refractivity contribution in [1.82, 2.24) is 25.5 Å². The predicted octanol–water partition coefficient (Wildman–Crippen LogP) is 1.23. The number of hydrogen-bond acceptors (Lipinski definition) is 4. The molecule has 1 heterocycles. The third kappa shape index (κ3) is 3.92. The van der Waals surface area contributed by atoms with E-state index in [-0.39, 0.29) is 6.03 Å². The molecule has 0 saturated heterocycles. The van der Waals surface area contributed by atoms with E-state index in [1.165, 1.54) is 0 Å². The summed E-state index contributed by atoms with van der Waals surface area (Å²) >= 11 is 5.82. The minimum absolute atomic E-state index is 0.294. The Balaban J connectivity index is 1.77. The molecule has 2 N–H and O–H groups in total. The lowest BCUT2D eigenvalue weighted by molar-refractivity contribution is 0.252. The predicted molar refractivity (Wildman–Crippen MR) is 71.0 cm³/mol. The molecule has 0 saturated carbocycles. The Hall–Kier alpha value is -2.15. The quantitative estimate of drug-likeness (QED) is 0.882. The van der Waals surface area contributed by atoms with Gasteiger partial charge in [0.15, 0.2) is 5.82 Å². The largest absolute Gasteiger partial charge is 0.337 e. The number of hydrogen-bond donors (Lipinski definition) is 2. The molecule has 1 aromatic carbocycles. The van der Waals surface area contributed by atoms with Crippen LogP contribution in [-0.4, -0.2) is 32.8 Å². The van der Waals surface area contributed by atoms with Crippen molar-refractivity contribution < 1.29 is 4.79 Å². The van der Waals surface area contributed by atoms with E-state index in [1.54, 1.807) is 36.0 Å². The molecule has 2 aromatic rings. The molecule has 0 bridgehead atoms. The molecule has 2 amide bonds. The molecule has 0 aliphatic heterocycles. The molecule has 0 unspecified atom stereocenters. The molecular weight excluding hydrogens is 268 g/mol. The Morgan fingerprint density at radius 2 is 2.32 bits per heavy atom. The molecule has 7 nitrogen and oxygen atoms in total. The fraction of sp³-hybridized carbons (Fsp3) is 0.273. The average Bonchev–Trinajstić information content (AvgIpc) is 2.75. The molecule has 1 aromatic heterocycles. The first-order valence-electron chi connectivity index (χ1n) is 5.67. The summed E-state index contributed by atoms with van der Waals surface area (Å²) in [6.45, 7) is 0.445. The Morgan fingerprint density at radius 3 is 3.00 bits per heavy atom. The van der Waals surface area contributed by atoms with Crippen LogP contribution in [-0.2, 0) is 13.5 Å². The lowest BCUT2D eigenvalue weighted by Gasteiger charge is -2.07. The van der Waals surface area contributed by atoms with Crippen molar-refractivity contribution in [2.24, 2.45) is 7.05 Å². The molecule has 0 aliphatic carbocycles. The highest BCUT2D eigenvalue weighted by molar-refractivity contribution is 6.30. The zero-order chi connectivity index (χ0) is 13.7. The lowest BCUT2D eigenvalue weighted by Crippen LogP contribution is -2.30. The number of rotatable bonds is 4. The standard InChI is InChI=1S/C11H13ClN6O/c1-18-10(15-16-17-18)5-6-13-11(19)14-9-4-2-3-8(12)7-9/h2-4,7H,5-6H2,1H3,(H2,13,14,19). The Morgan fingerprint density at radius 1 is 1.47 bits per heavy atom. The zero-order valence-corrected chi connectivity index (χ0v) is 11.1. The summed E-state index contributed by atoms with van der Waals surface area (Å²) in [6.07, 6.45) is 0.562. The fourth-order valence-corrected chi connectivity index (χ4v) is 1.68. The lowest BCUT2D eigenvalue weighted by atomic mass is 10.3. The Kier molecular flexibility index (Phi) is 4.30. The second-order valence-corrected chi connectivity index (χ2v) is 4.30. The van der Waals surface area contributed by atoms with Crippen LogP contribution in [0.25, 0.3) is 0 Å². The van der Waals surface area contributed by atoms with Crippen molar-refractivity contribution in [2.45, 2.75) is 6.42 Å². The van der Waals surface area contributed by atoms with Gasteiger partial charge in [-0.2, -0.15) is 0 Å². The first kappa shape index (κ1) is 13.3. The summed E-state index contributed by atoms with van der Waals surface area (Å²) in [5.74, 6) is 0.711. The van der Waals surface area contributed by atoms with Gasteiger partial charge < -0.3 is 10.6 Å². The number of aryl methyl sites for hydroxylation is 1. The van der Waals surface area contributed by atoms with Gasteiger partial charge in [-0.15, -0.1) is 5.10 Å². The first-order chi connectivity index (χ1) is 9.15. The maximum absolute atomic E-state index is 11.6. The van der Waals surface area contributed by atoms with Gasteiger partial charge in [-0.25, -0.2) is 9.48 Å². The number of aromatic nitrogens is 4. The minimum atomic E-state index is -0.294. The number of tetrazole rings is 1. The van der Waals surface area contributed by atoms with Crippen LogP contribution in [0.1, 0.15) is 5.82 Å². The van der Waals surface area contributed by atoms with Crippen molar-refractivity contribution in [3.63, 3.8) is 0 Å². The summed E-state index contributed by atoms with van der Waals surface area (Å²) in [4.78, 5) is 11.6. The monoisotopic (exact) mass is 280 g/mol. The highest BCUT2D eigenvalue weighted by Crippen LogP contribution is 2.14. The molecule has 0 aliphatic rings. The number of anilines is 1. The van der Waals surface area contributed by atoms with Gasteiger partial charge in [-0.05, 0) is 28.6 Å². The Bertz CT molecular complexity index is 570. The zero-order valence-electron chi connectivity index (χ0n) is 10.3. The maximum atomic E-state index is 11.6. The molecular formula is C11H13ClN6O. The fourth-order valence-electron chi connectivity index (χ4n) is 1.49. The van der Waals surface area contributed by atoms with Crippen molar-refractivity contribution in [3.8, 4) is 0 Å². The van der Waals surface area contributed by atoms with E-state index in [0.29, 0.717) is 29.5 Å². The topological polar surface area (TPSA) is 84.7 Å². The minimum Gasteiger partial charge on any atom is -0.337 e. The molecule has 8 heteroatoms. The van der Waals surface area contributed by atoms with Crippen LogP contribution in [0.5, 0.6) is 0 Å². The van der Waals surface area contributed by atoms with E-state index in [2.05, 4.69) is 26.2 Å². The van der Waals surface area contributed by atoms with Gasteiger partial charge in [0.1, 0.15) is 0 Å². The second-order valence-electron chi connectivity index (χ2n) is 3.86. The summed E-state index contributed by atoms with van der Waals surface area (Å²) in [5, 5.41) is 17.0. The molecule has 100 valence electrons. The molecule has 0 fully saturated rings. The molecule has 0 spiro atoms. The van der Waals surface area contributed by atoms with E-state index < -0.39 is 0 Å². The number of halogens is 1. The number of nitrogens with one attached hydrogen (secondary N) is 2. The molecule has 2 rings (SSSR count). The van der Waals surface area contributed by atoms with Crippen LogP contribution in [0.4, 0.5) is 10.5 Å². The van der Waals surface area contributed by atoms with Crippen LogP contribution in [0, 0.1) is 0 Å². The van der Waals surface area contributed by atoms with Crippen molar-refractivity contribution in [1.29, 1.82) is 0 Å². The van der Waals surface area contributed by atoms with Gasteiger partial charge >= 0.3 is 6.03 Å². The van der Waals surface area contributed by atoms with E-state index in [4.69, 9.17) is 11.6 Å².